The molecule has 0 aliphatic carbocycles. The summed E-state index contributed by atoms with van der Waals surface area (Å²) in [7, 11) is 0. The highest BCUT2D eigenvalue weighted by atomic mass is 16.5. The topological polar surface area (TPSA) is 71.5 Å². The third-order valence-corrected chi connectivity index (χ3v) is 5.52. The summed E-state index contributed by atoms with van der Waals surface area (Å²) in [5, 5.41) is 12.5. The minimum Gasteiger partial charge on any atom is -0.394 e. The van der Waals surface area contributed by atoms with Crippen molar-refractivity contribution in [2.45, 2.75) is 38.6 Å². The number of rotatable bonds is 7. The van der Waals surface area contributed by atoms with Crippen LogP contribution in [0.15, 0.2) is 48.8 Å². The molecule has 2 N–H and O–H groups in total. The number of aliphatic hydroxyl groups excluding tert-OH is 1. The van der Waals surface area contributed by atoms with Crippen LogP contribution in [-0.2, 0) is 16.0 Å². The molecule has 1 atom stereocenters. The van der Waals surface area contributed by atoms with Gasteiger partial charge in [0.15, 0.2) is 0 Å². The lowest BCUT2D eigenvalue weighted by Gasteiger charge is -2.37. The smallest absolute Gasteiger partial charge is 0.227 e. The van der Waals surface area contributed by atoms with Crippen LogP contribution in [0.4, 0.5) is 0 Å². The fraction of sp³-hybridized carbons (Fsp3) is 0.455. The maximum Gasteiger partial charge on any atom is 0.227 e. The number of hydrogen-bond donors (Lipinski definition) is 2. The predicted octanol–water partition coefficient (Wildman–Crippen LogP) is 2.98. The van der Waals surface area contributed by atoms with E-state index in [4.69, 9.17) is 4.74 Å². The summed E-state index contributed by atoms with van der Waals surface area (Å²) in [5.41, 5.74) is 2.87. The van der Waals surface area contributed by atoms with Crippen LogP contribution in [0.2, 0.25) is 0 Å². The highest BCUT2D eigenvalue weighted by Gasteiger charge is 2.41. The summed E-state index contributed by atoms with van der Waals surface area (Å²) in [4.78, 5) is 17.3. The number of carbonyl (C=O) groups is 1. The van der Waals surface area contributed by atoms with Crippen molar-refractivity contribution in [2.24, 2.45) is 5.41 Å². The SMILES string of the molecule is CC[C@@H](CO)NC(=O)C1(Cc2ccccc2-c2ccncc2)CCOCC1. The van der Waals surface area contributed by atoms with Gasteiger partial charge in [0.2, 0.25) is 5.91 Å². The summed E-state index contributed by atoms with van der Waals surface area (Å²) >= 11 is 0. The van der Waals surface area contributed by atoms with Crippen molar-refractivity contribution in [1.82, 2.24) is 10.3 Å². The minimum atomic E-state index is -0.510. The molecule has 0 bridgehead atoms. The lowest BCUT2D eigenvalue weighted by atomic mass is 9.73. The van der Waals surface area contributed by atoms with E-state index in [1.54, 1.807) is 12.4 Å². The molecule has 1 fully saturated rings. The standard InChI is InChI=1S/C22H28N2O3/c1-2-19(16-25)24-21(26)22(9-13-27-14-10-22)15-18-5-3-4-6-20(18)17-7-11-23-12-8-17/h3-8,11-12,19,25H,2,9-10,13-16H2,1H3,(H,24,26)/t19-/m0/s1. The molecule has 1 saturated heterocycles. The largest absolute Gasteiger partial charge is 0.394 e. The second-order valence-corrected chi connectivity index (χ2v) is 7.22. The zero-order valence-corrected chi connectivity index (χ0v) is 15.9. The predicted molar refractivity (Wildman–Crippen MR) is 105 cm³/mol. The van der Waals surface area contributed by atoms with Gasteiger partial charge in [-0.25, -0.2) is 0 Å². The number of ether oxygens (including phenoxy) is 1. The van der Waals surface area contributed by atoms with Crippen molar-refractivity contribution in [3.05, 3.63) is 54.4 Å². The van der Waals surface area contributed by atoms with Crippen molar-refractivity contribution in [3.8, 4) is 11.1 Å². The summed E-state index contributed by atoms with van der Waals surface area (Å²) in [6.45, 7) is 3.10. The van der Waals surface area contributed by atoms with Crippen LogP contribution in [0.1, 0.15) is 31.7 Å². The van der Waals surface area contributed by atoms with Gasteiger partial charge >= 0.3 is 0 Å². The lowest BCUT2D eigenvalue weighted by Crippen LogP contribution is -2.50. The van der Waals surface area contributed by atoms with Gasteiger partial charge in [-0.2, -0.15) is 0 Å². The molecule has 5 nitrogen and oxygen atoms in total. The lowest BCUT2D eigenvalue weighted by molar-refractivity contribution is -0.137. The molecular formula is C22H28N2O3. The first-order valence-corrected chi connectivity index (χ1v) is 9.66. The summed E-state index contributed by atoms with van der Waals surface area (Å²) < 4.78 is 5.55. The van der Waals surface area contributed by atoms with Crippen LogP contribution >= 0.6 is 0 Å². The molecule has 1 aromatic heterocycles. The van der Waals surface area contributed by atoms with Crippen LogP contribution < -0.4 is 5.32 Å². The molecule has 3 rings (SSSR count). The first kappa shape index (κ1) is 19.5. The normalized spacial score (nSPS) is 17.3. The van der Waals surface area contributed by atoms with Gasteiger partial charge in [0.25, 0.3) is 0 Å². The van der Waals surface area contributed by atoms with Crippen LogP contribution in [-0.4, -0.2) is 41.9 Å². The average molecular weight is 368 g/mol. The van der Waals surface area contributed by atoms with Gasteiger partial charge in [0, 0.05) is 25.6 Å². The van der Waals surface area contributed by atoms with Gasteiger partial charge in [-0.3, -0.25) is 9.78 Å². The number of hydrogen-bond acceptors (Lipinski definition) is 4. The Morgan fingerprint density at radius 1 is 1.22 bits per heavy atom. The number of nitrogens with zero attached hydrogens (tertiary/aromatic N) is 1. The molecular weight excluding hydrogens is 340 g/mol. The van der Waals surface area contributed by atoms with E-state index in [1.165, 1.54) is 0 Å². The van der Waals surface area contributed by atoms with Crippen molar-refractivity contribution < 1.29 is 14.6 Å². The van der Waals surface area contributed by atoms with E-state index < -0.39 is 5.41 Å². The zero-order chi connectivity index (χ0) is 19.1. The monoisotopic (exact) mass is 368 g/mol. The summed E-state index contributed by atoms with van der Waals surface area (Å²) in [6.07, 6.45) is 6.31. The zero-order valence-electron chi connectivity index (χ0n) is 15.9. The Hall–Kier alpha value is -2.24. The summed E-state index contributed by atoms with van der Waals surface area (Å²) in [5.74, 6) is 0.0243. The van der Waals surface area contributed by atoms with Gasteiger partial charge in [-0.05, 0) is 54.5 Å². The number of amides is 1. The third-order valence-electron chi connectivity index (χ3n) is 5.52. The number of benzene rings is 1. The third kappa shape index (κ3) is 4.54. The Morgan fingerprint density at radius 2 is 1.93 bits per heavy atom. The van der Waals surface area contributed by atoms with Crippen molar-refractivity contribution in [2.75, 3.05) is 19.8 Å². The quantitative estimate of drug-likeness (QED) is 0.788. The number of nitrogens with one attached hydrogen (secondary N) is 1. The van der Waals surface area contributed by atoms with Crippen LogP contribution in [0, 0.1) is 5.41 Å². The number of carbonyl (C=O) groups excluding carboxylic acids is 1. The Bertz CT molecular complexity index is 738. The van der Waals surface area contributed by atoms with E-state index in [2.05, 4.69) is 22.4 Å². The second-order valence-electron chi connectivity index (χ2n) is 7.22. The Morgan fingerprint density at radius 3 is 2.59 bits per heavy atom. The average Bonchev–Trinajstić information content (AvgIpc) is 2.73. The molecule has 2 aromatic rings. The van der Waals surface area contributed by atoms with Crippen LogP contribution in [0.25, 0.3) is 11.1 Å². The van der Waals surface area contributed by atoms with E-state index in [0.717, 1.165) is 16.7 Å². The molecule has 1 aromatic carbocycles. The minimum absolute atomic E-state index is 0.0243. The van der Waals surface area contributed by atoms with Gasteiger partial charge < -0.3 is 15.2 Å². The molecule has 1 aliphatic heterocycles. The van der Waals surface area contributed by atoms with Crippen LogP contribution in [0.3, 0.4) is 0 Å². The summed E-state index contributed by atoms with van der Waals surface area (Å²) in [6, 6.07) is 12.0. The molecule has 1 amide bonds. The van der Waals surface area contributed by atoms with Gasteiger partial charge in [0.05, 0.1) is 18.1 Å². The maximum absolute atomic E-state index is 13.2. The van der Waals surface area contributed by atoms with E-state index in [-0.39, 0.29) is 18.6 Å². The molecule has 0 saturated carbocycles. The van der Waals surface area contributed by atoms with Crippen molar-refractivity contribution in [1.29, 1.82) is 0 Å². The molecule has 144 valence electrons. The molecule has 1 aliphatic rings. The molecule has 2 heterocycles. The Balaban J connectivity index is 1.91. The Kier molecular flexibility index (Phi) is 6.58. The van der Waals surface area contributed by atoms with Crippen molar-refractivity contribution in [3.63, 3.8) is 0 Å². The van der Waals surface area contributed by atoms with Crippen molar-refractivity contribution >= 4 is 5.91 Å². The number of aliphatic hydroxyl groups is 1. The van der Waals surface area contributed by atoms with Gasteiger partial charge in [0.1, 0.15) is 0 Å². The maximum atomic E-state index is 13.2. The number of aromatic nitrogens is 1. The van der Waals surface area contributed by atoms with E-state index in [0.29, 0.717) is 38.9 Å². The van der Waals surface area contributed by atoms with Crippen LogP contribution in [0.5, 0.6) is 0 Å². The first-order chi connectivity index (χ1) is 13.2. The highest BCUT2D eigenvalue weighted by Crippen LogP contribution is 2.37. The van der Waals surface area contributed by atoms with Gasteiger partial charge in [-0.15, -0.1) is 0 Å². The Labute approximate surface area is 160 Å². The van der Waals surface area contributed by atoms with E-state index in [1.807, 2.05) is 31.2 Å². The molecule has 27 heavy (non-hydrogen) atoms. The van der Waals surface area contributed by atoms with E-state index in [9.17, 15) is 9.90 Å². The molecule has 0 radical (unpaired) electrons. The fourth-order valence-electron chi connectivity index (χ4n) is 3.71. The molecule has 5 heteroatoms. The highest BCUT2D eigenvalue weighted by molar-refractivity contribution is 5.84. The fourth-order valence-corrected chi connectivity index (χ4v) is 3.71. The first-order valence-electron chi connectivity index (χ1n) is 9.66. The second kappa shape index (κ2) is 9.11. The molecule has 0 unspecified atom stereocenters. The molecule has 0 spiro atoms. The van der Waals surface area contributed by atoms with E-state index >= 15 is 0 Å². The van der Waals surface area contributed by atoms with Gasteiger partial charge in [-0.1, -0.05) is 31.2 Å². The number of pyridine rings is 1.